The Labute approximate surface area is 109 Å². The van der Waals surface area contributed by atoms with Gasteiger partial charge in [-0.25, -0.2) is 0 Å². The molecule has 0 bridgehead atoms. The predicted octanol–water partition coefficient (Wildman–Crippen LogP) is 1.44. The fraction of sp³-hybridized carbons (Fsp3) is 0.846. The van der Waals surface area contributed by atoms with E-state index in [0.29, 0.717) is 19.1 Å². The summed E-state index contributed by atoms with van der Waals surface area (Å²) in [5.41, 5.74) is -0.500. The van der Waals surface area contributed by atoms with Crippen LogP contribution >= 0.6 is 0 Å². The van der Waals surface area contributed by atoms with Gasteiger partial charge < -0.3 is 10.1 Å². The lowest BCUT2D eigenvalue weighted by atomic mass is 9.94. The van der Waals surface area contributed by atoms with E-state index < -0.39 is 5.54 Å². The minimum absolute atomic E-state index is 0.0233. The number of rotatable bonds is 8. The van der Waals surface area contributed by atoms with E-state index in [-0.39, 0.29) is 5.91 Å². The van der Waals surface area contributed by atoms with Crippen molar-refractivity contribution < 1.29 is 9.53 Å². The van der Waals surface area contributed by atoms with Gasteiger partial charge in [0, 0.05) is 7.11 Å². The van der Waals surface area contributed by atoms with Crippen LogP contribution in [0.15, 0.2) is 4.99 Å². The predicted molar refractivity (Wildman–Crippen MR) is 72.6 cm³/mol. The summed E-state index contributed by atoms with van der Waals surface area (Å²) in [4.78, 5) is 16.2. The summed E-state index contributed by atoms with van der Waals surface area (Å²) in [5, 5.41) is 5.98. The first-order valence-electron chi connectivity index (χ1n) is 6.75. The molecule has 0 aromatic carbocycles. The molecule has 0 saturated carbocycles. The van der Waals surface area contributed by atoms with Crippen LogP contribution in [0.5, 0.6) is 0 Å². The Bertz CT molecular complexity index is 305. The van der Waals surface area contributed by atoms with Gasteiger partial charge in [-0.15, -0.1) is 0 Å². The highest BCUT2D eigenvalue weighted by Crippen LogP contribution is 2.18. The number of hydrogen-bond acceptors (Lipinski definition) is 3. The lowest BCUT2D eigenvalue weighted by Gasteiger charge is -2.20. The Morgan fingerprint density at radius 3 is 2.78 bits per heavy atom. The first-order valence-corrected chi connectivity index (χ1v) is 6.75. The zero-order valence-corrected chi connectivity index (χ0v) is 11.7. The summed E-state index contributed by atoms with van der Waals surface area (Å²) in [6.45, 7) is 5.25. The van der Waals surface area contributed by atoms with Gasteiger partial charge in [-0.3, -0.25) is 15.1 Å². The molecular formula is C13H25N3O2. The van der Waals surface area contributed by atoms with E-state index in [1.165, 1.54) is 19.3 Å². The molecule has 5 heteroatoms. The summed E-state index contributed by atoms with van der Waals surface area (Å²) >= 11 is 0. The van der Waals surface area contributed by atoms with Crippen molar-refractivity contribution in [3.05, 3.63) is 0 Å². The second-order valence-corrected chi connectivity index (χ2v) is 4.95. The molecule has 1 heterocycles. The Kier molecular flexibility index (Phi) is 6.12. The van der Waals surface area contributed by atoms with Crippen molar-refractivity contribution in [1.29, 1.82) is 0 Å². The van der Waals surface area contributed by atoms with Crippen LogP contribution in [0.4, 0.5) is 0 Å². The summed E-state index contributed by atoms with van der Waals surface area (Å²) in [5.74, 6) is 0.602. The molecule has 1 aliphatic rings. The fourth-order valence-corrected chi connectivity index (χ4v) is 2.00. The van der Waals surface area contributed by atoms with Crippen molar-refractivity contribution >= 4 is 11.9 Å². The number of unbranched alkanes of at least 4 members (excludes halogenated alkanes) is 3. The number of aliphatic imine (C=N–C) groups is 1. The maximum atomic E-state index is 11.9. The van der Waals surface area contributed by atoms with Gasteiger partial charge >= 0.3 is 0 Å². The third kappa shape index (κ3) is 4.29. The number of ether oxygens (including phenoxy) is 1. The van der Waals surface area contributed by atoms with E-state index in [2.05, 4.69) is 22.5 Å². The Morgan fingerprint density at radius 2 is 2.11 bits per heavy atom. The number of methoxy groups -OCH3 is 1. The van der Waals surface area contributed by atoms with E-state index in [0.717, 1.165) is 12.8 Å². The maximum absolute atomic E-state index is 11.9. The van der Waals surface area contributed by atoms with E-state index in [1.54, 1.807) is 7.11 Å². The second kappa shape index (κ2) is 7.36. The van der Waals surface area contributed by atoms with Crippen molar-refractivity contribution in [1.82, 2.24) is 10.6 Å². The molecule has 0 aliphatic carbocycles. The van der Waals surface area contributed by atoms with Gasteiger partial charge in [0.1, 0.15) is 5.54 Å². The quantitative estimate of drug-likeness (QED) is 0.645. The molecule has 2 N–H and O–H groups in total. The molecule has 1 fully saturated rings. The summed E-state index contributed by atoms with van der Waals surface area (Å²) in [7, 11) is 1.64. The summed E-state index contributed by atoms with van der Waals surface area (Å²) in [6, 6.07) is 0. The average Bonchev–Trinajstić information content (AvgIpc) is 2.62. The topological polar surface area (TPSA) is 62.7 Å². The number of carbonyl (C=O) groups is 1. The largest absolute Gasteiger partial charge is 0.383 e. The monoisotopic (exact) mass is 255 g/mol. The average molecular weight is 255 g/mol. The second-order valence-electron chi connectivity index (χ2n) is 4.95. The number of carbonyl (C=O) groups excluding carboxylic acids is 1. The number of amides is 1. The molecular weight excluding hydrogens is 230 g/mol. The highest BCUT2D eigenvalue weighted by Gasteiger charge is 2.39. The minimum Gasteiger partial charge on any atom is -0.383 e. The first-order chi connectivity index (χ1) is 8.62. The van der Waals surface area contributed by atoms with Crippen LogP contribution in [0.1, 0.15) is 46.0 Å². The molecule has 1 rings (SSSR count). The lowest BCUT2D eigenvalue weighted by molar-refractivity contribution is -0.123. The minimum atomic E-state index is -0.500. The molecule has 0 aromatic rings. The van der Waals surface area contributed by atoms with Crippen molar-refractivity contribution in [2.75, 3.05) is 20.3 Å². The number of guanidine groups is 1. The normalized spacial score (nSPS) is 25.3. The van der Waals surface area contributed by atoms with Crippen molar-refractivity contribution in [2.24, 2.45) is 4.99 Å². The Hall–Kier alpha value is -1.10. The molecule has 5 nitrogen and oxygen atoms in total. The molecule has 1 saturated heterocycles. The van der Waals surface area contributed by atoms with E-state index in [4.69, 9.17) is 4.74 Å². The van der Waals surface area contributed by atoms with Crippen LogP contribution in [0.3, 0.4) is 0 Å². The van der Waals surface area contributed by atoms with Crippen molar-refractivity contribution in [3.63, 3.8) is 0 Å². The van der Waals surface area contributed by atoms with Crippen molar-refractivity contribution in [3.8, 4) is 0 Å². The number of nitrogens with zero attached hydrogens (tertiary/aromatic N) is 1. The van der Waals surface area contributed by atoms with Crippen LogP contribution in [0.2, 0.25) is 0 Å². The van der Waals surface area contributed by atoms with E-state index in [1.807, 2.05) is 6.92 Å². The van der Waals surface area contributed by atoms with Crippen LogP contribution in [-0.2, 0) is 9.53 Å². The van der Waals surface area contributed by atoms with E-state index >= 15 is 0 Å². The maximum Gasteiger partial charge on any atom is 0.252 e. The van der Waals surface area contributed by atoms with E-state index in [9.17, 15) is 4.79 Å². The van der Waals surface area contributed by atoms with Crippen LogP contribution in [0, 0.1) is 0 Å². The molecule has 0 spiro atoms. The number of hydrogen-bond donors (Lipinski definition) is 2. The van der Waals surface area contributed by atoms with Gasteiger partial charge in [0.05, 0.1) is 13.2 Å². The van der Waals surface area contributed by atoms with Crippen molar-refractivity contribution in [2.45, 2.75) is 51.5 Å². The van der Waals surface area contributed by atoms with Crippen LogP contribution in [-0.4, -0.2) is 37.7 Å². The van der Waals surface area contributed by atoms with Crippen LogP contribution in [0.25, 0.3) is 0 Å². The molecule has 1 aliphatic heterocycles. The highest BCUT2D eigenvalue weighted by molar-refractivity contribution is 6.08. The van der Waals surface area contributed by atoms with Crippen LogP contribution < -0.4 is 10.6 Å². The lowest BCUT2D eigenvalue weighted by Crippen LogP contribution is -2.43. The smallest absolute Gasteiger partial charge is 0.252 e. The van der Waals surface area contributed by atoms with Gasteiger partial charge in [-0.1, -0.05) is 32.6 Å². The molecule has 0 radical (unpaired) electrons. The number of nitrogens with one attached hydrogen (secondary N) is 2. The molecule has 1 atom stereocenters. The third-order valence-corrected chi connectivity index (χ3v) is 3.22. The Balaban J connectivity index is 2.41. The SMILES string of the molecule is CCCCCCC1(C)NC(=NCCOC)NC1=O. The molecule has 0 aromatic heterocycles. The molecule has 1 unspecified atom stereocenters. The van der Waals surface area contributed by atoms with Gasteiger partial charge in [-0.2, -0.15) is 0 Å². The zero-order valence-electron chi connectivity index (χ0n) is 11.7. The van der Waals surface area contributed by atoms with Gasteiger partial charge in [-0.05, 0) is 13.3 Å². The standard InChI is InChI=1S/C13H25N3O2/c1-4-5-6-7-8-13(2)11(17)15-12(16-13)14-9-10-18-3/h4-10H2,1-3H3,(H2,14,15,16,17). The van der Waals surface area contributed by atoms with Gasteiger partial charge in [0.25, 0.3) is 5.91 Å². The third-order valence-electron chi connectivity index (χ3n) is 3.22. The first kappa shape index (κ1) is 15.0. The summed E-state index contributed by atoms with van der Waals surface area (Å²) < 4.78 is 4.92. The highest BCUT2D eigenvalue weighted by atomic mass is 16.5. The molecule has 18 heavy (non-hydrogen) atoms. The van der Waals surface area contributed by atoms with Gasteiger partial charge in [0.2, 0.25) is 0 Å². The molecule has 104 valence electrons. The van der Waals surface area contributed by atoms with Gasteiger partial charge in [0.15, 0.2) is 5.96 Å². The molecule has 1 amide bonds. The Morgan fingerprint density at radius 1 is 1.33 bits per heavy atom. The summed E-state index contributed by atoms with van der Waals surface area (Å²) in [6.07, 6.45) is 5.53. The fourth-order valence-electron chi connectivity index (χ4n) is 2.00. The zero-order chi connectivity index (χ0) is 13.4.